The number of carbonyl (C=O) groups excluding carboxylic acids is 2. The first-order chi connectivity index (χ1) is 15.9. The van der Waals surface area contributed by atoms with E-state index in [9.17, 15) is 9.59 Å². The minimum absolute atomic E-state index is 0.183. The Morgan fingerprint density at radius 3 is 2.24 bits per heavy atom. The molecular weight excluding hydrogens is 410 g/mol. The van der Waals surface area contributed by atoms with Crippen molar-refractivity contribution >= 4 is 28.4 Å². The van der Waals surface area contributed by atoms with Crippen molar-refractivity contribution in [2.45, 2.75) is 39.2 Å². The van der Waals surface area contributed by atoms with Crippen molar-refractivity contribution in [1.29, 1.82) is 0 Å². The Morgan fingerprint density at radius 2 is 1.55 bits per heavy atom. The number of benzene rings is 3. The number of anilines is 1. The molecule has 0 bridgehead atoms. The fraction of sp³-hybridized carbons (Fsp3) is 0.214. The molecule has 0 spiro atoms. The summed E-state index contributed by atoms with van der Waals surface area (Å²) in [6.45, 7) is 6.25. The van der Waals surface area contributed by atoms with Crippen LogP contribution in [0.2, 0.25) is 0 Å². The first-order valence-electron chi connectivity index (χ1n) is 11.2. The van der Waals surface area contributed by atoms with E-state index < -0.39 is 6.04 Å². The highest BCUT2D eigenvalue weighted by Crippen LogP contribution is 2.22. The molecule has 5 nitrogen and oxygen atoms in total. The van der Waals surface area contributed by atoms with Gasteiger partial charge in [0.25, 0.3) is 5.91 Å². The van der Waals surface area contributed by atoms with E-state index in [1.807, 2.05) is 85.9 Å². The molecule has 0 unspecified atom stereocenters. The second-order valence-corrected chi connectivity index (χ2v) is 8.71. The number of hydrogen-bond donors (Lipinski definition) is 3. The first-order valence-corrected chi connectivity index (χ1v) is 11.2. The molecule has 4 rings (SSSR count). The molecule has 2 amide bonds. The molecule has 0 aliphatic carbocycles. The Morgan fingerprint density at radius 1 is 0.879 bits per heavy atom. The van der Waals surface area contributed by atoms with Gasteiger partial charge in [-0.1, -0.05) is 74.0 Å². The predicted molar refractivity (Wildman–Crippen MR) is 133 cm³/mol. The van der Waals surface area contributed by atoms with Gasteiger partial charge < -0.3 is 15.6 Å². The van der Waals surface area contributed by atoms with Crippen LogP contribution in [0.4, 0.5) is 5.69 Å². The van der Waals surface area contributed by atoms with Gasteiger partial charge in [0.05, 0.1) is 6.42 Å². The third kappa shape index (κ3) is 5.32. The normalized spacial score (nSPS) is 12.0. The molecule has 0 aliphatic heterocycles. The zero-order valence-electron chi connectivity index (χ0n) is 19.2. The molecule has 0 saturated carbocycles. The zero-order valence-corrected chi connectivity index (χ0v) is 19.2. The summed E-state index contributed by atoms with van der Waals surface area (Å²) in [6, 6.07) is 22.5. The van der Waals surface area contributed by atoms with Gasteiger partial charge in [-0.3, -0.25) is 9.59 Å². The number of aryl methyl sites for hydroxylation is 1. The van der Waals surface area contributed by atoms with Gasteiger partial charge in [-0.15, -0.1) is 0 Å². The molecule has 3 aromatic carbocycles. The highest BCUT2D eigenvalue weighted by atomic mass is 16.2. The lowest BCUT2D eigenvalue weighted by atomic mass is 10.0. The summed E-state index contributed by atoms with van der Waals surface area (Å²) in [4.78, 5) is 29.4. The SMILES string of the molecule is Cc1ccc([C@@H](NC(=O)Cc2c[nH]c3ccccc23)C(=O)Nc2ccc(C(C)C)cc2)cc1. The first kappa shape index (κ1) is 22.3. The van der Waals surface area contributed by atoms with E-state index in [1.165, 1.54) is 5.56 Å². The second-order valence-electron chi connectivity index (χ2n) is 8.71. The van der Waals surface area contributed by atoms with Crippen molar-refractivity contribution < 1.29 is 9.59 Å². The molecule has 4 aromatic rings. The van der Waals surface area contributed by atoms with Crippen LogP contribution in [-0.4, -0.2) is 16.8 Å². The van der Waals surface area contributed by atoms with Gasteiger partial charge in [-0.2, -0.15) is 0 Å². The number of hydrogen-bond acceptors (Lipinski definition) is 2. The van der Waals surface area contributed by atoms with Crippen LogP contribution in [0.1, 0.15) is 48.1 Å². The van der Waals surface area contributed by atoms with E-state index in [-0.39, 0.29) is 18.2 Å². The van der Waals surface area contributed by atoms with Crippen molar-refractivity contribution in [1.82, 2.24) is 10.3 Å². The fourth-order valence-electron chi connectivity index (χ4n) is 3.89. The third-order valence-corrected chi connectivity index (χ3v) is 5.85. The van der Waals surface area contributed by atoms with Crippen LogP contribution in [0.15, 0.2) is 79.0 Å². The fourth-order valence-corrected chi connectivity index (χ4v) is 3.89. The van der Waals surface area contributed by atoms with Crippen molar-refractivity contribution in [2.24, 2.45) is 0 Å². The number of para-hydroxylation sites is 1. The van der Waals surface area contributed by atoms with E-state index >= 15 is 0 Å². The number of H-pyrrole nitrogens is 1. The lowest BCUT2D eigenvalue weighted by molar-refractivity contribution is -0.126. The lowest BCUT2D eigenvalue weighted by Crippen LogP contribution is -2.37. The van der Waals surface area contributed by atoms with Gasteiger partial charge in [0.1, 0.15) is 6.04 Å². The minimum atomic E-state index is -0.798. The second kappa shape index (κ2) is 9.74. The van der Waals surface area contributed by atoms with Crippen LogP contribution >= 0.6 is 0 Å². The van der Waals surface area contributed by atoms with Gasteiger partial charge in [0.2, 0.25) is 5.91 Å². The van der Waals surface area contributed by atoms with Crippen LogP contribution < -0.4 is 10.6 Å². The van der Waals surface area contributed by atoms with Crippen molar-refractivity contribution in [3.8, 4) is 0 Å². The van der Waals surface area contributed by atoms with Crippen LogP contribution in [0.3, 0.4) is 0 Å². The summed E-state index contributed by atoms with van der Waals surface area (Å²) in [7, 11) is 0. The number of aromatic amines is 1. The van der Waals surface area contributed by atoms with Crippen LogP contribution in [0, 0.1) is 6.92 Å². The van der Waals surface area contributed by atoms with Crippen LogP contribution in [-0.2, 0) is 16.0 Å². The maximum Gasteiger partial charge on any atom is 0.251 e. The lowest BCUT2D eigenvalue weighted by Gasteiger charge is -2.19. The molecule has 168 valence electrons. The topological polar surface area (TPSA) is 74.0 Å². The molecule has 1 atom stereocenters. The zero-order chi connectivity index (χ0) is 23.4. The summed E-state index contributed by atoms with van der Waals surface area (Å²) in [5, 5.41) is 6.90. The Labute approximate surface area is 194 Å². The molecule has 1 heterocycles. The molecule has 5 heteroatoms. The van der Waals surface area contributed by atoms with Gasteiger partial charge in [0, 0.05) is 22.8 Å². The quantitative estimate of drug-likeness (QED) is 0.349. The van der Waals surface area contributed by atoms with E-state index in [0.29, 0.717) is 11.6 Å². The van der Waals surface area contributed by atoms with Crippen molar-refractivity contribution in [3.05, 3.63) is 101 Å². The molecule has 0 radical (unpaired) electrons. The maximum absolute atomic E-state index is 13.2. The summed E-state index contributed by atoms with van der Waals surface area (Å²) >= 11 is 0. The van der Waals surface area contributed by atoms with E-state index in [1.54, 1.807) is 0 Å². The summed E-state index contributed by atoms with van der Waals surface area (Å²) in [6.07, 6.45) is 2.03. The average Bonchev–Trinajstić information content (AvgIpc) is 3.21. The standard InChI is InChI=1S/C28H29N3O2/c1-18(2)20-12-14-23(15-13-20)30-28(33)27(21-10-8-19(3)9-11-21)31-26(32)16-22-17-29-25-7-5-4-6-24(22)25/h4-15,17-18,27,29H,16H2,1-3H3,(H,30,33)(H,31,32)/t27-/m1/s1. The van der Waals surface area contributed by atoms with Crippen LogP contribution in [0.25, 0.3) is 10.9 Å². The number of rotatable bonds is 7. The summed E-state index contributed by atoms with van der Waals surface area (Å²) < 4.78 is 0. The Balaban J connectivity index is 1.53. The number of carbonyl (C=O) groups is 2. The minimum Gasteiger partial charge on any atom is -0.361 e. The highest BCUT2D eigenvalue weighted by Gasteiger charge is 2.23. The van der Waals surface area contributed by atoms with E-state index in [2.05, 4.69) is 29.5 Å². The van der Waals surface area contributed by atoms with E-state index in [0.717, 1.165) is 27.6 Å². The van der Waals surface area contributed by atoms with Gasteiger partial charge in [-0.05, 0) is 47.7 Å². The van der Waals surface area contributed by atoms with Gasteiger partial charge >= 0.3 is 0 Å². The molecule has 0 saturated heterocycles. The van der Waals surface area contributed by atoms with Crippen molar-refractivity contribution in [2.75, 3.05) is 5.32 Å². The molecule has 1 aromatic heterocycles. The largest absolute Gasteiger partial charge is 0.361 e. The number of nitrogens with one attached hydrogen (secondary N) is 3. The van der Waals surface area contributed by atoms with Crippen LogP contribution in [0.5, 0.6) is 0 Å². The Bertz CT molecular complexity index is 1250. The molecule has 33 heavy (non-hydrogen) atoms. The average molecular weight is 440 g/mol. The molecule has 3 N–H and O–H groups in total. The predicted octanol–water partition coefficient (Wildman–Crippen LogP) is 5.64. The van der Waals surface area contributed by atoms with Gasteiger partial charge in [0.15, 0.2) is 0 Å². The van der Waals surface area contributed by atoms with E-state index in [4.69, 9.17) is 0 Å². The van der Waals surface area contributed by atoms with Gasteiger partial charge in [-0.25, -0.2) is 0 Å². The molecule has 0 aliphatic rings. The Hall–Kier alpha value is -3.86. The number of aromatic nitrogens is 1. The molecule has 0 fully saturated rings. The Kier molecular flexibility index (Phi) is 6.59. The monoisotopic (exact) mass is 439 g/mol. The highest BCUT2D eigenvalue weighted by molar-refractivity contribution is 5.98. The summed E-state index contributed by atoms with van der Waals surface area (Å²) in [5.74, 6) is -0.0714. The number of amides is 2. The smallest absolute Gasteiger partial charge is 0.251 e. The van der Waals surface area contributed by atoms with Crippen molar-refractivity contribution in [3.63, 3.8) is 0 Å². The third-order valence-electron chi connectivity index (χ3n) is 5.85. The number of fused-ring (bicyclic) bond motifs is 1. The maximum atomic E-state index is 13.2. The summed E-state index contributed by atoms with van der Waals surface area (Å²) in [5.41, 5.74) is 5.62. The molecular formula is C28H29N3O2.